The van der Waals surface area contributed by atoms with Crippen LogP contribution in [0.15, 0.2) is 120 Å². The summed E-state index contributed by atoms with van der Waals surface area (Å²) in [6.07, 6.45) is 1.89. The van der Waals surface area contributed by atoms with Gasteiger partial charge in [-0.2, -0.15) is 5.10 Å². The summed E-state index contributed by atoms with van der Waals surface area (Å²) in [7, 11) is 0. The van der Waals surface area contributed by atoms with Crippen molar-refractivity contribution in [1.82, 2.24) is 5.43 Å². The van der Waals surface area contributed by atoms with Crippen molar-refractivity contribution in [3.63, 3.8) is 0 Å². The Hall–Kier alpha value is -3.85. The van der Waals surface area contributed by atoms with Crippen molar-refractivity contribution in [2.45, 2.75) is 6.54 Å². The molecule has 0 spiro atoms. The average Bonchev–Trinajstić information content (AvgIpc) is 2.80. The van der Waals surface area contributed by atoms with Crippen LogP contribution in [-0.4, -0.2) is 6.21 Å². The smallest absolute Gasteiger partial charge is 0.0580 e. The second kappa shape index (κ2) is 9.38. The summed E-state index contributed by atoms with van der Waals surface area (Å²) in [6.45, 7) is 0.695. The molecule has 0 bridgehead atoms. The van der Waals surface area contributed by atoms with Crippen LogP contribution in [0.3, 0.4) is 0 Å². The van der Waals surface area contributed by atoms with E-state index in [9.17, 15) is 0 Å². The molecule has 29 heavy (non-hydrogen) atoms. The van der Waals surface area contributed by atoms with Crippen LogP contribution in [0.5, 0.6) is 0 Å². The first-order chi connectivity index (χ1) is 14.4. The molecular weight excluding hydrogens is 354 g/mol. The molecule has 142 valence electrons. The van der Waals surface area contributed by atoms with E-state index in [1.165, 1.54) is 5.56 Å². The second-order valence-electron chi connectivity index (χ2n) is 6.64. The van der Waals surface area contributed by atoms with Crippen LogP contribution >= 0.6 is 0 Å². The lowest BCUT2D eigenvalue weighted by Crippen LogP contribution is -2.12. The summed E-state index contributed by atoms with van der Waals surface area (Å²) < 4.78 is 0. The van der Waals surface area contributed by atoms with Gasteiger partial charge in [0.05, 0.1) is 18.4 Å². The molecule has 3 heteroatoms. The molecule has 0 aliphatic carbocycles. The molecule has 1 N–H and O–H groups in total. The van der Waals surface area contributed by atoms with Gasteiger partial charge in [-0.15, -0.1) is 0 Å². The molecule has 0 atom stereocenters. The minimum Gasteiger partial charge on any atom is -0.310 e. The Bertz CT molecular complexity index is 1010. The zero-order valence-electron chi connectivity index (χ0n) is 16.1. The van der Waals surface area contributed by atoms with Crippen LogP contribution in [0.2, 0.25) is 0 Å². The highest BCUT2D eigenvalue weighted by Crippen LogP contribution is 2.35. The summed E-state index contributed by atoms with van der Waals surface area (Å²) in [5.74, 6) is 0. The Morgan fingerprint density at radius 3 is 1.76 bits per heavy atom. The van der Waals surface area contributed by atoms with E-state index >= 15 is 0 Å². The molecule has 0 heterocycles. The molecule has 0 radical (unpaired) electrons. The number of hydrazone groups is 1. The van der Waals surface area contributed by atoms with Crippen molar-refractivity contribution in [3.8, 4) is 0 Å². The Morgan fingerprint density at radius 2 is 1.14 bits per heavy atom. The Kier molecular flexibility index (Phi) is 5.99. The van der Waals surface area contributed by atoms with Gasteiger partial charge in [0.2, 0.25) is 0 Å². The molecule has 0 saturated carbocycles. The molecular formula is C26H23N3. The third-order valence-electron chi connectivity index (χ3n) is 4.63. The summed E-state index contributed by atoms with van der Waals surface area (Å²) in [4.78, 5) is 2.25. The van der Waals surface area contributed by atoms with Crippen molar-refractivity contribution in [3.05, 3.63) is 126 Å². The standard InChI is InChI=1S/C26H23N3/c1-4-12-22(13-5-1)20-27-28-21-23-14-10-11-19-26(23)29(24-15-6-2-7-16-24)25-17-8-3-9-18-25/h1-19,21,27H,20H2. The molecule has 4 aromatic rings. The Balaban J connectivity index is 1.63. The highest BCUT2D eigenvalue weighted by atomic mass is 15.3. The number of hydrogen-bond acceptors (Lipinski definition) is 3. The molecule has 0 saturated heterocycles. The number of rotatable bonds is 7. The van der Waals surface area contributed by atoms with Gasteiger partial charge in [0.15, 0.2) is 0 Å². The van der Waals surface area contributed by atoms with Crippen LogP contribution in [0.1, 0.15) is 11.1 Å². The molecule has 0 aromatic heterocycles. The number of para-hydroxylation sites is 3. The summed E-state index contributed by atoms with van der Waals surface area (Å²) >= 11 is 0. The highest BCUT2D eigenvalue weighted by Gasteiger charge is 2.14. The third-order valence-corrected chi connectivity index (χ3v) is 4.63. The molecule has 0 fully saturated rings. The van der Waals surface area contributed by atoms with Crippen molar-refractivity contribution >= 4 is 23.3 Å². The predicted octanol–water partition coefficient (Wildman–Crippen LogP) is 6.28. The maximum absolute atomic E-state index is 4.47. The first-order valence-electron chi connectivity index (χ1n) is 9.71. The van der Waals surface area contributed by atoms with Gasteiger partial charge < -0.3 is 10.3 Å². The minimum atomic E-state index is 0.695. The van der Waals surface area contributed by atoms with Crippen molar-refractivity contribution < 1.29 is 0 Å². The number of hydrogen-bond donors (Lipinski definition) is 1. The number of nitrogens with zero attached hydrogens (tertiary/aromatic N) is 2. The normalized spacial score (nSPS) is 10.8. The van der Waals surface area contributed by atoms with Crippen molar-refractivity contribution in [2.24, 2.45) is 5.10 Å². The average molecular weight is 377 g/mol. The van der Waals surface area contributed by atoms with Crippen LogP contribution in [0.4, 0.5) is 17.1 Å². The van der Waals surface area contributed by atoms with Gasteiger partial charge in [0, 0.05) is 16.9 Å². The second-order valence-corrected chi connectivity index (χ2v) is 6.64. The van der Waals surface area contributed by atoms with Gasteiger partial charge in [-0.3, -0.25) is 0 Å². The van der Waals surface area contributed by atoms with E-state index in [0.29, 0.717) is 6.54 Å². The SMILES string of the molecule is C(=NNCc1ccccc1)c1ccccc1N(c1ccccc1)c1ccccc1. The van der Waals surface area contributed by atoms with Gasteiger partial charge in [-0.1, -0.05) is 84.9 Å². The van der Waals surface area contributed by atoms with Crippen LogP contribution < -0.4 is 10.3 Å². The quantitative estimate of drug-likeness (QED) is 0.303. The lowest BCUT2D eigenvalue weighted by molar-refractivity contribution is 0.748. The van der Waals surface area contributed by atoms with E-state index in [1.807, 2.05) is 42.6 Å². The molecule has 0 amide bonds. The fraction of sp³-hybridized carbons (Fsp3) is 0.0385. The Morgan fingerprint density at radius 1 is 0.621 bits per heavy atom. The van der Waals surface area contributed by atoms with E-state index in [0.717, 1.165) is 22.6 Å². The van der Waals surface area contributed by atoms with E-state index < -0.39 is 0 Å². The van der Waals surface area contributed by atoms with Gasteiger partial charge in [0.25, 0.3) is 0 Å². The van der Waals surface area contributed by atoms with Crippen LogP contribution in [0.25, 0.3) is 0 Å². The maximum Gasteiger partial charge on any atom is 0.0580 e. The van der Waals surface area contributed by atoms with E-state index in [4.69, 9.17) is 0 Å². The van der Waals surface area contributed by atoms with Gasteiger partial charge in [-0.25, -0.2) is 0 Å². The van der Waals surface area contributed by atoms with Crippen molar-refractivity contribution in [1.29, 1.82) is 0 Å². The van der Waals surface area contributed by atoms with Gasteiger partial charge in [-0.05, 0) is 35.9 Å². The lowest BCUT2D eigenvalue weighted by atomic mass is 10.1. The van der Waals surface area contributed by atoms with Crippen molar-refractivity contribution in [2.75, 3.05) is 4.90 Å². The molecule has 4 rings (SSSR count). The maximum atomic E-state index is 4.47. The summed E-state index contributed by atoms with van der Waals surface area (Å²) in [5.41, 5.74) is 8.69. The van der Waals surface area contributed by atoms with E-state index in [2.05, 4.69) is 94.3 Å². The molecule has 0 aliphatic heterocycles. The zero-order chi connectivity index (χ0) is 19.7. The van der Waals surface area contributed by atoms with Crippen LogP contribution in [0, 0.1) is 0 Å². The topological polar surface area (TPSA) is 27.6 Å². The first kappa shape index (κ1) is 18.5. The molecule has 3 nitrogen and oxygen atoms in total. The van der Waals surface area contributed by atoms with Gasteiger partial charge in [0.1, 0.15) is 0 Å². The third kappa shape index (κ3) is 4.71. The molecule has 0 unspecified atom stereocenters. The fourth-order valence-corrected chi connectivity index (χ4v) is 3.23. The monoisotopic (exact) mass is 377 g/mol. The first-order valence-corrected chi connectivity index (χ1v) is 9.71. The zero-order valence-corrected chi connectivity index (χ0v) is 16.1. The Labute approximate surface area is 172 Å². The number of benzene rings is 4. The van der Waals surface area contributed by atoms with Crippen LogP contribution in [-0.2, 0) is 6.54 Å². The number of nitrogens with one attached hydrogen (secondary N) is 1. The minimum absolute atomic E-state index is 0.695. The summed E-state index contributed by atoms with van der Waals surface area (Å²) in [5, 5.41) is 4.47. The summed E-state index contributed by atoms with van der Waals surface area (Å²) in [6, 6.07) is 39.4. The van der Waals surface area contributed by atoms with E-state index in [-0.39, 0.29) is 0 Å². The fourth-order valence-electron chi connectivity index (χ4n) is 3.23. The highest BCUT2D eigenvalue weighted by molar-refractivity contribution is 5.92. The number of anilines is 3. The molecule has 4 aromatic carbocycles. The predicted molar refractivity (Wildman–Crippen MR) is 122 cm³/mol. The van der Waals surface area contributed by atoms with Gasteiger partial charge >= 0.3 is 0 Å². The lowest BCUT2D eigenvalue weighted by Gasteiger charge is -2.26. The van der Waals surface area contributed by atoms with E-state index in [1.54, 1.807) is 0 Å². The largest absolute Gasteiger partial charge is 0.310 e. The molecule has 0 aliphatic rings.